The molecule has 0 aliphatic rings. The molecule has 4 nitrogen and oxygen atoms in total. The Morgan fingerprint density at radius 3 is 2.44 bits per heavy atom. The molecule has 18 heavy (non-hydrogen) atoms. The SMILES string of the molecule is CC(C)C/C=N\NC(=O)c1ccc(N(C)C)cc1. The molecule has 1 aromatic rings. The lowest BCUT2D eigenvalue weighted by Crippen LogP contribution is -2.18. The smallest absolute Gasteiger partial charge is 0.271 e. The number of amides is 1. The molecule has 0 spiro atoms. The Kier molecular flexibility index (Phi) is 5.36. The Labute approximate surface area is 109 Å². The predicted octanol–water partition coefficient (Wildman–Crippen LogP) is 2.51. The average molecular weight is 247 g/mol. The summed E-state index contributed by atoms with van der Waals surface area (Å²) in [7, 11) is 3.93. The van der Waals surface area contributed by atoms with Gasteiger partial charge < -0.3 is 4.90 Å². The van der Waals surface area contributed by atoms with Crippen LogP contribution in [0.15, 0.2) is 29.4 Å². The van der Waals surface area contributed by atoms with Crippen molar-refractivity contribution >= 4 is 17.8 Å². The second-order valence-electron chi connectivity index (χ2n) is 4.82. The number of nitrogens with one attached hydrogen (secondary N) is 1. The first-order valence-electron chi connectivity index (χ1n) is 6.10. The van der Waals surface area contributed by atoms with Gasteiger partial charge in [0.05, 0.1) is 0 Å². The number of hydrazone groups is 1. The Balaban J connectivity index is 2.54. The second-order valence-corrected chi connectivity index (χ2v) is 4.82. The maximum absolute atomic E-state index is 11.7. The van der Waals surface area contributed by atoms with E-state index >= 15 is 0 Å². The zero-order valence-corrected chi connectivity index (χ0v) is 11.5. The van der Waals surface area contributed by atoms with Gasteiger partial charge in [0.15, 0.2) is 0 Å². The number of carbonyl (C=O) groups excluding carboxylic acids is 1. The maximum Gasteiger partial charge on any atom is 0.271 e. The van der Waals surface area contributed by atoms with E-state index in [0.717, 1.165) is 12.1 Å². The van der Waals surface area contributed by atoms with Crippen molar-refractivity contribution in [3.05, 3.63) is 29.8 Å². The van der Waals surface area contributed by atoms with Gasteiger partial charge in [-0.3, -0.25) is 4.79 Å². The first-order chi connectivity index (χ1) is 8.50. The predicted molar refractivity (Wildman–Crippen MR) is 76.2 cm³/mol. The van der Waals surface area contributed by atoms with Gasteiger partial charge in [0.25, 0.3) is 5.91 Å². The fourth-order valence-electron chi connectivity index (χ4n) is 1.34. The van der Waals surface area contributed by atoms with Crippen molar-refractivity contribution in [3.63, 3.8) is 0 Å². The molecule has 0 aliphatic heterocycles. The molecular formula is C14H21N3O. The number of carbonyl (C=O) groups is 1. The Morgan fingerprint density at radius 1 is 1.33 bits per heavy atom. The van der Waals surface area contributed by atoms with Gasteiger partial charge in [0.1, 0.15) is 0 Å². The van der Waals surface area contributed by atoms with Crippen molar-refractivity contribution in [1.82, 2.24) is 5.43 Å². The summed E-state index contributed by atoms with van der Waals surface area (Å²) in [6, 6.07) is 7.41. The minimum atomic E-state index is -0.180. The minimum absolute atomic E-state index is 0.180. The third kappa shape index (κ3) is 4.57. The van der Waals surface area contributed by atoms with Crippen LogP contribution in [0.25, 0.3) is 0 Å². The molecule has 1 N–H and O–H groups in total. The molecule has 0 saturated carbocycles. The number of nitrogens with zero attached hydrogens (tertiary/aromatic N) is 2. The van der Waals surface area contributed by atoms with Crippen LogP contribution in [0.4, 0.5) is 5.69 Å². The van der Waals surface area contributed by atoms with Crippen molar-refractivity contribution < 1.29 is 4.79 Å². The van der Waals surface area contributed by atoms with Gasteiger partial charge in [-0.25, -0.2) is 5.43 Å². The number of hydrogen-bond donors (Lipinski definition) is 1. The van der Waals surface area contributed by atoms with Crippen LogP contribution < -0.4 is 10.3 Å². The molecule has 1 aromatic carbocycles. The fourth-order valence-corrected chi connectivity index (χ4v) is 1.34. The molecule has 1 rings (SSSR count). The number of benzene rings is 1. The van der Waals surface area contributed by atoms with Gasteiger partial charge in [0.2, 0.25) is 0 Å². The van der Waals surface area contributed by atoms with Gasteiger partial charge in [-0.15, -0.1) is 0 Å². The van der Waals surface area contributed by atoms with Gasteiger partial charge in [-0.2, -0.15) is 5.10 Å². The Bertz CT molecular complexity index is 408. The summed E-state index contributed by atoms with van der Waals surface area (Å²) in [5.74, 6) is 0.366. The van der Waals surface area contributed by atoms with Crippen molar-refractivity contribution in [2.45, 2.75) is 20.3 Å². The summed E-state index contributed by atoms with van der Waals surface area (Å²) >= 11 is 0. The van der Waals surface area contributed by atoms with E-state index in [4.69, 9.17) is 0 Å². The van der Waals surface area contributed by atoms with Crippen LogP contribution in [0.3, 0.4) is 0 Å². The van der Waals surface area contributed by atoms with Gasteiger partial charge in [-0.1, -0.05) is 13.8 Å². The van der Waals surface area contributed by atoms with E-state index in [-0.39, 0.29) is 5.91 Å². The lowest BCUT2D eigenvalue weighted by atomic mass is 10.2. The molecule has 0 heterocycles. The van der Waals surface area contributed by atoms with Gasteiger partial charge in [0, 0.05) is 31.6 Å². The summed E-state index contributed by atoms with van der Waals surface area (Å²) in [6.45, 7) is 4.21. The maximum atomic E-state index is 11.7. The molecule has 4 heteroatoms. The molecule has 0 aliphatic carbocycles. The third-order valence-corrected chi connectivity index (χ3v) is 2.48. The molecule has 0 fully saturated rings. The summed E-state index contributed by atoms with van der Waals surface area (Å²) in [5, 5.41) is 3.91. The first-order valence-corrected chi connectivity index (χ1v) is 6.10. The molecule has 0 radical (unpaired) electrons. The molecular weight excluding hydrogens is 226 g/mol. The van der Waals surface area contributed by atoms with E-state index < -0.39 is 0 Å². The fraction of sp³-hybridized carbons (Fsp3) is 0.429. The quantitative estimate of drug-likeness (QED) is 0.642. The largest absolute Gasteiger partial charge is 0.378 e. The van der Waals surface area contributed by atoms with Crippen LogP contribution in [-0.2, 0) is 0 Å². The molecule has 0 atom stereocenters. The van der Waals surface area contributed by atoms with E-state index in [1.165, 1.54) is 0 Å². The standard InChI is InChI=1S/C14H21N3O/c1-11(2)9-10-15-16-14(18)12-5-7-13(8-6-12)17(3)4/h5-8,10-11H,9H2,1-4H3,(H,16,18)/b15-10-. The molecule has 1 amide bonds. The van der Waals surface area contributed by atoms with E-state index in [9.17, 15) is 4.79 Å². The molecule has 0 saturated heterocycles. The molecule has 0 aromatic heterocycles. The van der Waals surface area contributed by atoms with E-state index in [2.05, 4.69) is 24.4 Å². The van der Waals surface area contributed by atoms with Gasteiger partial charge >= 0.3 is 0 Å². The van der Waals surface area contributed by atoms with Crippen molar-refractivity contribution in [2.24, 2.45) is 11.0 Å². The zero-order valence-electron chi connectivity index (χ0n) is 11.5. The Morgan fingerprint density at radius 2 is 1.94 bits per heavy atom. The molecule has 0 bridgehead atoms. The van der Waals surface area contributed by atoms with E-state index in [1.807, 2.05) is 31.1 Å². The first kappa shape index (κ1) is 14.2. The van der Waals surface area contributed by atoms with Gasteiger partial charge in [-0.05, 0) is 36.6 Å². The van der Waals surface area contributed by atoms with Crippen LogP contribution in [0.5, 0.6) is 0 Å². The number of hydrogen-bond acceptors (Lipinski definition) is 3. The van der Waals surface area contributed by atoms with Crippen LogP contribution >= 0.6 is 0 Å². The topological polar surface area (TPSA) is 44.7 Å². The monoisotopic (exact) mass is 247 g/mol. The van der Waals surface area contributed by atoms with Crippen LogP contribution in [-0.4, -0.2) is 26.2 Å². The summed E-state index contributed by atoms with van der Waals surface area (Å²) in [6.07, 6.45) is 2.59. The van der Waals surface area contributed by atoms with Crippen LogP contribution in [0, 0.1) is 5.92 Å². The van der Waals surface area contributed by atoms with Crippen molar-refractivity contribution in [2.75, 3.05) is 19.0 Å². The van der Waals surface area contributed by atoms with Crippen LogP contribution in [0.1, 0.15) is 30.6 Å². The number of rotatable bonds is 5. The highest BCUT2D eigenvalue weighted by molar-refractivity contribution is 5.94. The number of anilines is 1. The van der Waals surface area contributed by atoms with Crippen molar-refractivity contribution in [3.8, 4) is 0 Å². The highest BCUT2D eigenvalue weighted by atomic mass is 16.2. The van der Waals surface area contributed by atoms with E-state index in [0.29, 0.717) is 11.5 Å². The lowest BCUT2D eigenvalue weighted by Gasteiger charge is -2.12. The highest BCUT2D eigenvalue weighted by Crippen LogP contribution is 2.11. The second kappa shape index (κ2) is 6.79. The summed E-state index contributed by atoms with van der Waals surface area (Å²) < 4.78 is 0. The molecule has 0 unspecified atom stereocenters. The minimum Gasteiger partial charge on any atom is -0.378 e. The third-order valence-electron chi connectivity index (χ3n) is 2.48. The Hall–Kier alpha value is -1.84. The lowest BCUT2D eigenvalue weighted by molar-refractivity contribution is 0.0955. The van der Waals surface area contributed by atoms with E-state index in [1.54, 1.807) is 18.3 Å². The van der Waals surface area contributed by atoms with Crippen molar-refractivity contribution in [1.29, 1.82) is 0 Å². The zero-order chi connectivity index (χ0) is 13.5. The normalized spacial score (nSPS) is 10.9. The highest BCUT2D eigenvalue weighted by Gasteiger charge is 2.04. The summed E-state index contributed by atoms with van der Waals surface area (Å²) in [5.41, 5.74) is 4.20. The average Bonchev–Trinajstić information content (AvgIpc) is 2.34. The summed E-state index contributed by atoms with van der Waals surface area (Å²) in [4.78, 5) is 13.7. The van der Waals surface area contributed by atoms with Crippen LogP contribution in [0.2, 0.25) is 0 Å². The molecule has 98 valence electrons.